The first-order chi connectivity index (χ1) is 9.31. The summed E-state index contributed by atoms with van der Waals surface area (Å²) in [4.78, 5) is 0. The molecule has 2 unspecified atom stereocenters. The molecule has 1 aliphatic heterocycles. The predicted molar refractivity (Wildman–Crippen MR) is 81.1 cm³/mol. The molecule has 19 heavy (non-hydrogen) atoms. The van der Waals surface area contributed by atoms with Crippen LogP contribution < -0.4 is 5.32 Å². The summed E-state index contributed by atoms with van der Waals surface area (Å²) in [6.45, 7) is 3.62. The monoisotopic (exact) mass is 257 g/mol. The Balaban J connectivity index is 1.94. The first-order valence-corrected chi connectivity index (χ1v) is 8.12. The Kier molecular flexibility index (Phi) is 3.93. The number of hydrogen-bond donors (Lipinski definition) is 1. The molecule has 1 N–H and O–H groups in total. The van der Waals surface area contributed by atoms with E-state index in [4.69, 9.17) is 0 Å². The fourth-order valence-corrected chi connectivity index (χ4v) is 4.36. The average molecular weight is 257 g/mol. The van der Waals surface area contributed by atoms with Gasteiger partial charge < -0.3 is 5.32 Å². The molecule has 1 aromatic rings. The van der Waals surface area contributed by atoms with Crippen LogP contribution in [0.5, 0.6) is 0 Å². The zero-order valence-corrected chi connectivity index (χ0v) is 12.2. The lowest BCUT2D eigenvalue weighted by molar-refractivity contribution is 0.0988. The van der Waals surface area contributed by atoms with Gasteiger partial charge in [-0.2, -0.15) is 0 Å². The molecule has 2 aliphatic rings. The normalized spacial score (nSPS) is 33.2. The van der Waals surface area contributed by atoms with Crippen molar-refractivity contribution >= 4 is 0 Å². The summed E-state index contributed by atoms with van der Waals surface area (Å²) >= 11 is 0. The molecule has 0 amide bonds. The van der Waals surface area contributed by atoms with Crippen molar-refractivity contribution in [1.29, 1.82) is 0 Å². The summed E-state index contributed by atoms with van der Waals surface area (Å²) in [5.74, 6) is 1.69. The fraction of sp³-hybridized carbons (Fsp3) is 0.667. The van der Waals surface area contributed by atoms with Crippen LogP contribution in [0.2, 0.25) is 0 Å². The van der Waals surface area contributed by atoms with E-state index in [9.17, 15) is 0 Å². The van der Waals surface area contributed by atoms with Crippen molar-refractivity contribution in [3.05, 3.63) is 35.9 Å². The van der Waals surface area contributed by atoms with Gasteiger partial charge in [0.25, 0.3) is 0 Å². The summed E-state index contributed by atoms with van der Waals surface area (Å²) in [7, 11) is 0. The maximum Gasteiger partial charge on any atom is 0.0465 e. The van der Waals surface area contributed by atoms with Crippen molar-refractivity contribution in [2.75, 3.05) is 6.54 Å². The molecule has 1 saturated carbocycles. The Labute approximate surface area is 117 Å². The van der Waals surface area contributed by atoms with Crippen LogP contribution in [-0.2, 0) is 5.54 Å². The molecule has 1 aliphatic carbocycles. The highest BCUT2D eigenvalue weighted by molar-refractivity contribution is 5.27. The minimum atomic E-state index is 0.263. The Bertz CT molecular complexity index is 393. The van der Waals surface area contributed by atoms with E-state index < -0.39 is 0 Å². The lowest BCUT2D eigenvalue weighted by atomic mass is 9.65. The molecule has 1 saturated heterocycles. The number of nitrogens with one attached hydrogen (secondary N) is 1. The molecule has 0 bridgehead atoms. The van der Waals surface area contributed by atoms with E-state index in [2.05, 4.69) is 42.6 Å². The van der Waals surface area contributed by atoms with Gasteiger partial charge in [-0.3, -0.25) is 0 Å². The summed E-state index contributed by atoms with van der Waals surface area (Å²) in [5, 5.41) is 3.95. The van der Waals surface area contributed by atoms with E-state index in [1.807, 2.05) is 0 Å². The number of benzene rings is 1. The summed E-state index contributed by atoms with van der Waals surface area (Å²) in [6, 6.07) is 11.3. The molecule has 104 valence electrons. The van der Waals surface area contributed by atoms with Gasteiger partial charge in [-0.15, -0.1) is 0 Å². The third-order valence-corrected chi connectivity index (χ3v) is 5.34. The molecule has 1 nitrogen and oxygen atoms in total. The molecular formula is C18H27N. The number of piperidine rings is 1. The Morgan fingerprint density at radius 1 is 1.00 bits per heavy atom. The SMILES string of the molecule is CC1CCNC(c2ccccc2)(C2CCCCC2)C1. The second-order valence-electron chi connectivity index (χ2n) is 6.70. The number of hydrogen-bond acceptors (Lipinski definition) is 1. The quantitative estimate of drug-likeness (QED) is 0.823. The highest BCUT2D eigenvalue weighted by Gasteiger charge is 2.42. The van der Waals surface area contributed by atoms with Crippen molar-refractivity contribution in [2.45, 2.75) is 57.4 Å². The standard InChI is InChI=1S/C18H27N/c1-15-12-13-19-18(14-15,16-8-4-2-5-9-16)17-10-6-3-7-11-17/h2,4-5,8-9,15,17,19H,3,6-7,10-14H2,1H3. The van der Waals surface area contributed by atoms with E-state index in [-0.39, 0.29) is 5.54 Å². The molecule has 0 radical (unpaired) electrons. The van der Waals surface area contributed by atoms with E-state index in [0.717, 1.165) is 11.8 Å². The molecule has 1 aromatic carbocycles. The van der Waals surface area contributed by atoms with Crippen molar-refractivity contribution < 1.29 is 0 Å². The molecule has 1 heterocycles. The van der Waals surface area contributed by atoms with Gasteiger partial charge in [-0.1, -0.05) is 56.5 Å². The minimum Gasteiger partial charge on any atom is -0.307 e. The summed E-state index contributed by atoms with van der Waals surface area (Å²) in [6.07, 6.45) is 9.77. The van der Waals surface area contributed by atoms with Crippen molar-refractivity contribution in [2.24, 2.45) is 11.8 Å². The number of rotatable bonds is 2. The Hall–Kier alpha value is -0.820. The van der Waals surface area contributed by atoms with Gasteiger partial charge in [0.15, 0.2) is 0 Å². The third kappa shape index (κ3) is 2.58. The zero-order valence-electron chi connectivity index (χ0n) is 12.2. The highest BCUT2D eigenvalue weighted by Crippen LogP contribution is 2.45. The van der Waals surface area contributed by atoms with Crippen LogP contribution in [0.3, 0.4) is 0 Å². The smallest absolute Gasteiger partial charge is 0.0465 e. The summed E-state index contributed by atoms with van der Waals surface area (Å²) < 4.78 is 0. The average Bonchev–Trinajstić information content (AvgIpc) is 2.49. The lowest BCUT2D eigenvalue weighted by Gasteiger charge is -2.48. The van der Waals surface area contributed by atoms with Crippen LogP contribution in [-0.4, -0.2) is 6.54 Å². The first-order valence-electron chi connectivity index (χ1n) is 8.12. The van der Waals surface area contributed by atoms with Gasteiger partial charge in [0.2, 0.25) is 0 Å². The van der Waals surface area contributed by atoms with Gasteiger partial charge >= 0.3 is 0 Å². The molecular weight excluding hydrogens is 230 g/mol. The second-order valence-corrected chi connectivity index (χ2v) is 6.70. The van der Waals surface area contributed by atoms with Gasteiger partial charge in [0, 0.05) is 5.54 Å². The van der Waals surface area contributed by atoms with E-state index in [1.54, 1.807) is 0 Å². The van der Waals surface area contributed by atoms with Gasteiger partial charge in [-0.05, 0) is 49.6 Å². The van der Waals surface area contributed by atoms with Gasteiger partial charge in [-0.25, -0.2) is 0 Å². The van der Waals surface area contributed by atoms with E-state index >= 15 is 0 Å². The third-order valence-electron chi connectivity index (χ3n) is 5.34. The Morgan fingerprint density at radius 3 is 2.42 bits per heavy atom. The lowest BCUT2D eigenvalue weighted by Crippen LogP contribution is -2.53. The zero-order chi connectivity index (χ0) is 13.1. The molecule has 2 atom stereocenters. The molecule has 0 spiro atoms. The van der Waals surface area contributed by atoms with Crippen LogP contribution in [0.1, 0.15) is 57.4 Å². The van der Waals surface area contributed by atoms with Crippen LogP contribution in [0.15, 0.2) is 30.3 Å². The molecule has 3 rings (SSSR count). The topological polar surface area (TPSA) is 12.0 Å². The van der Waals surface area contributed by atoms with Crippen LogP contribution in [0, 0.1) is 11.8 Å². The van der Waals surface area contributed by atoms with Crippen LogP contribution in [0.25, 0.3) is 0 Å². The van der Waals surface area contributed by atoms with Crippen molar-refractivity contribution in [3.8, 4) is 0 Å². The fourth-order valence-electron chi connectivity index (χ4n) is 4.36. The largest absolute Gasteiger partial charge is 0.307 e. The maximum atomic E-state index is 3.95. The summed E-state index contributed by atoms with van der Waals surface area (Å²) in [5.41, 5.74) is 1.80. The maximum absolute atomic E-state index is 3.95. The van der Waals surface area contributed by atoms with Crippen LogP contribution >= 0.6 is 0 Å². The van der Waals surface area contributed by atoms with Crippen LogP contribution in [0.4, 0.5) is 0 Å². The van der Waals surface area contributed by atoms with Crippen molar-refractivity contribution in [1.82, 2.24) is 5.32 Å². The predicted octanol–water partition coefficient (Wildman–Crippen LogP) is 4.48. The van der Waals surface area contributed by atoms with Gasteiger partial charge in [0.05, 0.1) is 0 Å². The first kappa shape index (κ1) is 13.2. The van der Waals surface area contributed by atoms with E-state index in [1.165, 1.54) is 57.1 Å². The molecule has 2 fully saturated rings. The molecule has 0 aromatic heterocycles. The minimum absolute atomic E-state index is 0.263. The molecule has 1 heteroatoms. The second kappa shape index (κ2) is 5.66. The highest BCUT2D eigenvalue weighted by atomic mass is 15.0. The Morgan fingerprint density at radius 2 is 1.74 bits per heavy atom. The van der Waals surface area contributed by atoms with Crippen molar-refractivity contribution in [3.63, 3.8) is 0 Å². The van der Waals surface area contributed by atoms with Gasteiger partial charge in [0.1, 0.15) is 0 Å². The van der Waals surface area contributed by atoms with E-state index in [0.29, 0.717) is 0 Å².